The van der Waals surface area contributed by atoms with Crippen molar-refractivity contribution in [3.05, 3.63) is 70.4 Å². The third kappa shape index (κ3) is 2.88. The quantitative estimate of drug-likeness (QED) is 0.734. The lowest BCUT2D eigenvalue weighted by Gasteiger charge is -2.04. The van der Waals surface area contributed by atoms with Gasteiger partial charge in [0, 0.05) is 22.4 Å². The van der Waals surface area contributed by atoms with Gasteiger partial charge in [0.2, 0.25) is 5.89 Å². The van der Waals surface area contributed by atoms with E-state index in [2.05, 4.69) is 9.98 Å². The predicted octanol–water partition coefficient (Wildman–Crippen LogP) is 2.08. The number of fused-ring (bicyclic) bond motifs is 1. The number of amides is 1. The second-order valence-electron chi connectivity index (χ2n) is 5.66. The number of carbonyl (C=O) groups is 1. The molecule has 2 heterocycles. The van der Waals surface area contributed by atoms with E-state index in [4.69, 9.17) is 9.15 Å². The third-order valence-electron chi connectivity index (χ3n) is 3.96. The highest BCUT2D eigenvalue weighted by molar-refractivity contribution is 6.07. The molecule has 1 aliphatic heterocycles. The summed E-state index contributed by atoms with van der Waals surface area (Å²) < 4.78 is 10.4. The van der Waals surface area contributed by atoms with Gasteiger partial charge in [-0.1, -0.05) is 18.2 Å². The average molecular weight is 346 g/mol. The van der Waals surface area contributed by atoms with E-state index in [1.54, 1.807) is 25.3 Å². The highest BCUT2D eigenvalue weighted by Crippen LogP contribution is 2.28. The zero-order valence-corrected chi connectivity index (χ0v) is 13.8. The van der Waals surface area contributed by atoms with Gasteiger partial charge in [0.15, 0.2) is 0 Å². The van der Waals surface area contributed by atoms with Crippen molar-refractivity contribution >= 4 is 18.1 Å². The van der Waals surface area contributed by atoms with Crippen LogP contribution >= 0.6 is 0 Å². The van der Waals surface area contributed by atoms with Crippen molar-refractivity contribution < 1.29 is 19.1 Å². The highest BCUT2D eigenvalue weighted by atomic mass is 16.5. The van der Waals surface area contributed by atoms with Crippen molar-refractivity contribution in [2.24, 2.45) is 4.99 Å². The van der Waals surface area contributed by atoms with Crippen LogP contribution in [-0.4, -0.2) is 23.1 Å². The molecule has 128 valence electrons. The highest BCUT2D eigenvalue weighted by Gasteiger charge is 2.16. The van der Waals surface area contributed by atoms with Gasteiger partial charge in [-0.25, -0.2) is 9.98 Å². The minimum absolute atomic E-state index is 0.176. The molecule has 26 heavy (non-hydrogen) atoms. The van der Waals surface area contributed by atoms with Gasteiger partial charge in [0.1, 0.15) is 11.4 Å². The van der Waals surface area contributed by atoms with Crippen molar-refractivity contribution in [2.75, 3.05) is 7.11 Å². The van der Waals surface area contributed by atoms with Crippen molar-refractivity contribution in [2.45, 2.75) is 0 Å². The molecule has 0 unspecified atom stereocenters. The Morgan fingerprint density at radius 1 is 1.15 bits per heavy atom. The number of carbonyl (C=O) groups excluding carboxylic acids is 1. The molecule has 6 nitrogen and oxygen atoms in total. The maximum atomic E-state index is 12.3. The molecule has 2 aromatic carbocycles. The van der Waals surface area contributed by atoms with Crippen molar-refractivity contribution in [1.82, 2.24) is 4.98 Å². The standard InChI is InChI=1S/C20H14N2O4/c1-25-15-8-7-13-9-14(18(23)21-16(13)11-15)10-17-20(24)26-19(22-17)12-5-3-2-4-6-12/h2-11,24H,1H3/b14-10-. The van der Waals surface area contributed by atoms with Gasteiger partial charge in [-0.2, -0.15) is 0 Å². The van der Waals surface area contributed by atoms with E-state index in [0.717, 1.165) is 10.8 Å². The summed E-state index contributed by atoms with van der Waals surface area (Å²) in [6, 6.07) is 14.5. The summed E-state index contributed by atoms with van der Waals surface area (Å²) in [6.07, 6.45) is 3.16. The summed E-state index contributed by atoms with van der Waals surface area (Å²) in [5, 5.41) is 11.3. The van der Waals surface area contributed by atoms with Gasteiger partial charge >= 0.3 is 5.95 Å². The van der Waals surface area contributed by atoms with Gasteiger partial charge in [0.25, 0.3) is 5.91 Å². The fraction of sp³-hybridized carbons (Fsp3) is 0.0500. The minimum atomic E-state index is -0.422. The van der Waals surface area contributed by atoms with Crippen molar-refractivity contribution in [1.29, 1.82) is 0 Å². The van der Waals surface area contributed by atoms with Crippen LogP contribution in [-0.2, 0) is 4.79 Å². The van der Waals surface area contributed by atoms with E-state index in [1.165, 1.54) is 6.08 Å². The number of ether oxygens (including phenoxy) is 1. The Balaban J connectivity index is 1.76. The molecule has 1 aliphatic rings. The molecule has 0 atom stereocenters. The van der Waals surface area contributed by atoms with E-state index in [1.807, 2.05) is 36.4 Å². The van der Waals surface area contributed by atoms with Crippen LogP contribution in [0.1, 0.15) is 5.69 Å². The first-order valence-corrected chi connectivity index (χ1v) is 7.90. The van der Waals surface area contributed by atoms with E-state index >= 15 is 0 Å². The van der Waals surface area contributed by atoms with Crippen LogP contribution in [0, 0.1) is 0 Å². The van der Waals surface area contributed by atoms with E-state index < -0.39 is 5.91 Å². The second kappa shape index (κ2) is 6.33. The average Bonchev–Trinajstić information content (AvgIpc) is 3.03. The normalized spacial score (nSPS) is 14.5. The summed E-state index contributed by atoms with van der Waals surface area (Å²) in [6.45, 7) is 0. The molecule has 3 aromatic rings. The molecule has 0 saturated carbocycles. The summed E-state index contributed by atoms with van der Waals surface area (Å²) in [5.74, 6) is 0.135. The zero-order chi connectivity index (χ0) is 18.1. The predicted molar refractivity (Wildman–Crippen MR) is 94.8 cm³/mol. The molecule has 1 aromatic heterocycles. The molecular weight excluding hydrogens is 332 g/mol. The van der Waals surface area contributed by atoms with Crippen LogP contribution < -0.4 is 15.3 Å². The van der Waals surface area contributed by atoms with Crippen LogP contribution in [0.25, 0.3) is 23.6 Å². The fourth-order valence-electron chi connectivity index (χ4n) is 2.65. The maximum absolute atomic E-state index is 12.3. The van der Waals surface area contributed by atoms with Gasteiger partial charge in [0.05, 0.1) is 12.5 Å². The lowest BCUT2D eigenvalue weighted by Crippen LogP contribution is -2.30. The first-order valence-electron chi connectivity index (χ1n) is 7.90. The van der Waals surface area contributed by atoms with Crippen LogP contribution in [0.15, 0.2) is 63.5 Å². The molecule has 6 heteroatoms. The van der Waals surface area contributed by atoms with Gasteiger partial charge in [-0.05, 0) is 36.4 Å². The number of hydrogen-bond acceptors (Lipinski definition) is 5. The molecule has 0 fully saturated rings. The van der Waals surface area contributed by atoms with Gasteiger partial charge in [-0.3, -0.25) is 4.79 Å². The van der Waals surface area contributed by atoms with Crippen LogP contribution in [0.4, 0.5) is 0 Å². The lowest BCUT2D eigenvalue weighted by molar-refractivity contribution is -0.114. The largest absolute Gasteiger partial charge is 0.497 e. The Bertz CT molecular complexity index is 1140. The van der Waals surface area contributed by atoms with Crippen molar-refractivity contribution in [3.63, 3.8) is 0 Å². The lowest BCUT2D eigenvalue weighted by atomic mass is 10.1. The maximum Gasteiger partial charge on any atom is 0.310 e. The number of nitrogens with zero attached hydrogens (tertiary/aromatic N) is 2. The third-order valence-corrected chi connectivity index (χ3v) is 3.96. The Morgan fingerprint density at radius 3 is 2.73 bits per heavy atom. The summed E-state index contributed by atoms with van der Waals surface area (Å²) in [5.41, 5.74) is 1.22. The first kappa shape index (κ1) is 15.8. The molecule has 1 N–H and O–H groups in total. The molecule has 0 spiro atoms. The fourth-order valence-corrected chi connectivity index (χ4v) is 2.65. The number of aromatic nitrogens is 1. The van der Waals surface area contributed by atoms with E-state index in [-0.39, 0.29) is 17.5 Å². The monoisotopic (exact) mass is 346 g/mol. The summed E-state index contributed by atoms with van der Waals surface area (Å²) >= 11 is 0. The minimum Gasteiger partial charge on any atom is -0.497 e. The van der Waals surface area contributed by atoms with Crippen molar-refractivity contribution in [3.8, 4) is 23.1 Å². The molecule has 4 rings (SSSR count). The Labute approximate surface area is 148 Å². The molecule has 1 amide bonds. The first-order chi connectivity index (χ1) is 12.6. The number of benzene rings is 2. The summed E-state index contributed by atoms with van der Waals surface area (Å²) in [7, 11) is 1.55. The van der Waals surface area contributed by atoms with Crippen LogP contribution in [0.2, 0.25) is 0 Å². The number of aromatic hydroxyl groups is 1. The SMILES string of the molecule is COc1ccc2c(c1)=NC(=O)/C(=C\c1nc(-c3ccccc3)oc1O)C=2. The summed E-state index contributed by atoms with van der Waals surface area (Å²) in [4.78, 5) is 20.6. The Kier molecular flexibility index (Phi) is 3.85. The molecule has 0 radical (unpaired) electrons. The van der Waals surface area contributed by atoms with E-state index in [0.29, 0.717) is 16.7 Å². The van der Waals surface area contributed by atoms with Crippen LogP contribution in [0.3, 0.4) is 0 Å². The number of rotatable bonds is 3. The molecule has 0 aliphatic carbocycles. The van der Waals surface area contributed by atoms with Crippen LogP contribution in [0.5, 0.6) is 11.7 Å². The van der Waals surface area contributed by atoms with Gasteiger partial charge in [-0.15, -0.1) is 0 Å². The smallest absolute Gasteiger partial charge is 0.310 e. The topological polar surface area (TPSA) is 84.9 Å². The number of hydrogen-bond donors (Lipinski definition) is 1. The Hall–Kier alpha value is -3.67. The molecule has 0 saturated heterocycles. The Morgan fingerprint density at radius 2 is 1.96 bits per heavy atom. The number of oxazole rings is 1. The van der Waals surface area contributed by atoms with E-state index in [9.17, 15) is 9.90 Å². The molecular formula is C20H14N2O4. The zero-order valence-electron chi connectivity index (χ0n) is 13.8. The second-order valence-corrected chi connectivity index (χ2v) is 5.66. The number of methoxy groups -OCH3 is 1. The molecule has 0 bridgehead atoms. The van der Waals surface area contributed by atoms with Gasteiger partial charge < -0.3 is 14.3 Å².